The Bertz CT molecular complexity index is 540. The van der Waals surface area contributed by atoms with Crippen molar-refractivity contribution in [3.05, 3.63) is 24.3 Å². The number of carbonyl (C=O) groups excluding carboxylic acids is 2. The Labute approximate surface area is 142 Å². The van der Waals surface area contributed by atoms with Crippen LogP contribution < -0.4 is 14.8 Å². The zero-order chi connectivity index (χ0) is 17.2. The minimum atomic E-state index is -0.317. The first kappa shape index (κ1) is 18.1. The van der Waals surface area contributed by atoms with Gasteiger partial charge in [0.05, 0.1) is 19.6 Å². The molecular formula is C18H25NO5. The van der Waals surface area contributed by atoms with Gasteiger partial charge in [-0.2, -0.15) is 0 Å². The van der Waals surface area contributed by atoms with Gasteiger partial charge in [-0.05, 0) is 25.0 Å². The number of benzene rings is 1. The monoisotopic (exact) mass is 335 g/mol. The Morgan fingerprint density at radius 1 is 1.12 bits per heavy atom. The predicted molar refractivity (Wildman–Crippen MR) is 89.0 cm³/mol. The molecule has 6 nitrogen and oxygen atoms in total. The lowest BCUT2D eigenvalue weighted by Crippen LogP contribution is -2.33. The van der Waals surface area contributed by atoms with E-state index >= 15 is 0 Å². The van der Waals surface area contributed by atoms with Gasteiger partial charge in [0.15, 0.2) is 18.1 Å². The molecule has 0 atom stereocenters. The molecule has 1 fully saturated rings. The van der Waals surface area contributed by atoms with Gasteiger partial charge >= 0.3 is 5.97 Å². The van der Waals surface area contributed by atoms with Crippen LogP contribution in [0.2, 0.25) is 0 Å². The van der Waals surface area contributed by atoms with Crippen molar-refractivity contribution in [2.24, 2.45) is 5.92 Å². The van der Waals surface area contributed by atoms with Gasteiger partial charge in [0, 0.05) is 0 Å². The van der Waals surface area contributed by atoms with Gasteiger partial charge < -0.3 is 19.5 Å². The van der Waals surface area contributed by atoms with Crippen LogP contribution in [0.25, 0.3) is 0 Å². The van der Waals surface area contributed by atoms with Crippen molar-refractivity contribution in [2.75, 3.05) is 26.9 Å². The molecule has 1 aliphatic carbocycles. The lowest BCUT2D eigenvalue weighted by atomic mass is 9.89. The van der Waals surface area contributed by atoms with Crippen LogP contribution in [-0.4, -0.2) is 38.7 Å². The first-order valence-corrected chi connectivity index (χ1v) is 8.40. The molecule has 1 N–H and O–H groups in total. The van der Waals surface area contributed by atoms with Crippen molar-refractivity contribution in [1.82, 2.24) is 5.32 Å². The first-order valence-electron chi connectivity index (χ1n) is 8.40. The topological polar surface area (TPSA) is 73.9 Å². The summed E-state index contributed by atoms with van der Waals surface area (Å²) in [5, 5.41) is 2.67. The molecule has 0 saturated heterocycles. The standard InChI is InChI=1S/C18H25NO5/c1-22-15-9-5-6-10-16(15)23-12-11-19-17(20)13-24-18(21)14-7-3-2-4-8-14/h5-6,9-10,14H,2-4,7-8,11-13H2,1H3,(H,19,20). The van der Waals surface area contributed by atoms with E-state index in [0.29, 0.717) is 24.7 Å². The SMILES string of the molecule is COc1ccccc1OCCNC(=O)COC(=O)C1CCCCC1. The Balaban J connectivity index is 1.60. The average Bonchev–Trinajstić information content (AvgIpc) is 2.64. The van der Waals surface area contributed by atoms with Gasteiger partial charge in [0.25, 0.3) is 5.91 Å². The maximum atomic E-state index is 11.8. The summed E-state index contributed by atoms with van der Waals surface area (Å²) >= 11 is 0. The quantitative estimate of drug-likeness (QED) is 0.583. The number of methoxy groups -OCH3 is 1. The van der Waals surface area contributed by atoms with Crippen LogP contribution in [0.3, 0.4) is 0 Å². The molecule has 1 aromatic carbocycles. The lowest BCUT2D eigenvalue weighted by Gasteiger charge is -2.19. The molecule has 1 aliphatic rings. The summed E-state index contributed by atoms with van der Waals surface area (Å²) in [5.74, 6) is 0.654. The Morgan fingerprint density at radius 2 is 1.83 bits per heavy atom. The van der Waals surface area contributed by atoms with Crippen LogP contribution in [0, 0.1) is 5.92 Å². The van der Waals surface area contributed by atoms with Crippen LogP contribution in [-0.2, 0) is 14.3 Å². The van der Waals surface area contributed by atoms with Crippen molar-refractivity contribution < 1.29 is 23.8 Å². The second kappa shape index (κ2) is 9.80. The fourth-order valence-corrected chi connectivity index (χ4v) is 2.73. The van der Waals surface area contributed by atoms with E-state index in [-0.39, 0.29) is 24.4 Å². The third-order valence-corrected chi connectivity index (χ3v) is 4.03. The minimum absolute atomic E-state index is 0.0413. The van der Waals surface area contributed by atoms with Crippen LogP contribution in [0.1, 0.15) is 32.1 Å². The molecule has 0 bridgehead atoms. The molecule has 2 rings (SSSR count). The van der Waals surface area contributed by atoms with E-state index < -0.39 is 0 Å². The summed E-state index contributed by atoms with van der Waals surface area (Å²) in [6.45, 7) is 0.407. The van der Waals surface area contributed by atoms with Gasteiger partial charge in [0.1, 0.15) is 6.61 Å². The van der Waals surface area contributed by atoms with Crippen LogP contribution >= 0.6 is 0 Å². The van der Waals surface area contributed by atoms with Crippen LogP contribution in [0.4, 0.5) is 0 Å². The summed E-state index contributed by atoms with van der Waals surface area (Å²) in [5.41, 5.74) is 0. The Morgan fingerprint density at radius 3 is 2.54 bits per heavy atom. The molecule has 1 saturated carbocycles. The van der Waals surface area contributed by atoms with Crippen molar-refractivity contribution in [3.8, 4) is 11.5 Å². The van der Waals surface area contributed by atoms with Crippen molar-refractivity contribution in [2.45, 2.75) is 32.1 Å². The second-order valence-electron chi connectivity index (χ2n) is 5.79. The molecule has 1 amide bonds. The van der Waals surface area contributed by atoms with Gasteiger partial charge in [-0.1, -0.05) is 31.4 Å². The highest BCUT2D eigenvalue weighted by Gasteiger charge is 2.22. The molecule has 0 heterocycles. The number of amides is 1. The second-order valence-corrected chi connectivity index (χ2v) is 5.79. The van der Waals surface area contributed by atoms with E-state index in [1.807, 2.05) is 12.1 Å². The molecule has 0 radical (unpaired) electrons. The van der Waals surface area contributed by atoms with Crippen molar-refractivity contribution in [3.63, 3.8) is 0 Å². The van der Waals surface area contributed by atoms with E-state index in [0.717, 1.165) is 25.7 Å². The Kier molecular flexibility index (Phi) is 7.39. The van der Waals surface area contributed by atoms with Crippen LogP contribution in [0.15, 0.2) is 24.3 Å². The zero-order valence-corrected chi connectivity index (χ0v) is 14.1. The van der Waals surface area contributed by atoms with Gasteiger partial charge in [-0.15, -0.1) is 0 Å². The lowest BCUT2D eigenvalue weighted by molar-refractivity contribution is -0.153. The highest BCUT2D eigenvalue weighted by atomic mass is 16.5. The van der Waals surface area contributed by atoms with Gasteiger partial charge in [0.2, 0.25) is 0 Å². The molecule has 6 heteroatoms. The highest BCUT2D eigenvalue weighted by molar-refractivity contribution is 5.81. The van der Waals surface area contributed by atoms with E-state index in [2.05, 4.69) is 5.32 Å². The smallest absolute Gasteiger partial charge is 0.309 e. The number of carbonyl (C=O) groups is 2. The highest BCUT2D eigenvalue weighted by Crippen LogP contribution is 2.25. The van der Waals surface area contributed by atoms with E-state index in [4.69, 9.17) is 14.2 Å². The van der Waals surface area contributed by atoms with E-state index in [1.165, 1.54) is 6.42 Å². The molecule has 24 heavy (non-hydrogen) atoms. The summed E-state index contributed by atoms with van der Waals surface area (Å²) in [4.78, 5) is 23.5. The predicted octanol–water partition coefficient (Wildman–Crippen LogP) is 2.31. The molecule has 0 aromatic heterocycles. The first-order chi connectivity index (χ1) is 11.7. The third-order valence-electron chi connectivity index (χ3n) is 4.03. The minimum Gasteiger partial charge on any atom is -0.493 e. The number of hydrogen-bond donors (Lipinski definition) is 1. The molecule has 0 spiro atoms. The summed E-state index contributed by atoms with van der Waals surface area (Å²) < 4.78 is 15.8. The summed E-state index contributed by atoms with van der Waals surface area (Å²) in [6, 6.07) is 7.31. The van der Waals surface area contributed by atoms with Gasteiger partial charge in [-0.25, -0.2) is 0 Å². The zero-order valence-electron chi connectivity index (χ0n) is 14.1. The maximum Gasteiger partial charge on any atom is 0.309 e. The molecule has 132 valence electrons. The molecule has 0 unspecified atom stereocenters. The Hall–Kier alpha value is -2.24. The van der Waals surface area contributed by atoms with Crippen LogP contribution in [0.5, 0.6) is 11.5 Å². The molecular weight excluding hydrogens is 310 g/mol. The van der Waals surface area contributed by atoms with Crippen molar-refractivity contribution in [1.29, 1.82) is 0 Å². The molecule has 1 aromatic rings. The van der Waals surface area contributed by atoms with E-state index in [1.54, 1.807) is 19.2 Å². The third kappa shape index (κ3) is 5.76. The number of esters is 1. The number of hydrogen-bond acceptors (Lipinski definition) is 5. The fraction of sp³-hybridized carbons (Fsp3) is 0.556. The van der Waals surface area contributed by atoms with Crippen molar-refractivity contribution >= 4 is 11.9 Å². The number of ether oxygens (including phenoxy) is 3. The molecule has 0 aliphatic heterocycles. The maximum absolute atomic E-state index is 11.8. The average molecular weight is 335 g/mol. The van der Waals surface area contributed by atoms with E-state index in [9.17, 15) is 9.59 Å². The summed E-state index contributed by atoms with van der Waals surface area (Å²) in [7, 11) is 1.57. The number of nitrogens with one attached hydrogen (secondary N) is 1. The largest absolute Gasteiger partial charge is 0.493 e. The number of para-hydroxylation sites is 2. The normalized spacial score (nSPS) is 14.7. The summed E-state index contributed by atoms with van der Waals surface area (Å²) in [6.07, 6.45) is 5.04. The van der Waals surface area contributed by atoms with Gasteiger partial charge in [-0.3, -0.25) is 9.59 Å². The fourth-order valence-electron chi connectivity index (χ4n) is 2.73. The number of rotatable bonds is 8.